The van der Waals surface area contributed by atoms with Gasteiger partial charge in [-0.15, -0.1) is 0 Å². The molecule has 4 N–H and O–H groups in total. The first-order valence-corrected chi connectivity index (χ1v) is 13.2. The van der Waals surface area contributed by atoms with Crippen molar-refractivity contribution >= 4 is 35.1 Å². The van der Waals surface area contributed by atoms with Crippen molar-refractivity contribution in [3.8, 4) is 22.6 Å². The second kappa shape index (κ2) is 9.52. The Morgan fingerprint density at radius 3 is 2.42 bits per heavy atom. The number of hydrogen-bond acceptors (Lipinski definition) is 8. The number of rotatable bonds is 5. The minimum atomic E-state index is -2.72. The zero-order chi connectivity index (χ0) is 29.3. The number of fused-ring (bicyclic) bond motifs is 3. The molecular weight excluding hydrogens is 514 g/mol. The van der Waals surface area contributed by atoms with E-state index in [-0.39, 0.29) is 24.2 Å². The smallest absolute Gasteiger partial charge is 0.235 e. The van der Waals surface area contributed by atoms with Crippen molar-refractivity contribution in [2.75, 3.05) is 7.11 Å². The number of phenolic OH excluding ortho intramolecular Hbond substituents is 1. The highest BCUT2D eigenvalue weighted by Gasteiger charge is 2.69. The first-order valence-electron chi connectivity index (χ1n) is 13.2. The van der Waals surface area contributed by atoms with Crippen LogP contribution in [0.25, 0.3) is 17.2 Å². The summed E-state index contributed by atoms with van der Waals surface area (Å²) in [4.78, 5) is 66.8. The Morgan fingerprint density at radius 1 is 1.12 bits per heavy atom. The van der Waals surface area contributed by atoms with Crippen molar-refractivity contribution < 1.29 is 38.9 Å². The van der Waals surface area contributed by atoms with Gasteiger partial charge in [0.05, 0.1) is 18.6 Å². The third-order valence-electron chi connectivity index (χ3n) is 8.95. The van der Waals surface area contributed by atoms with Gasteiger partial charge in [-0.25, -0.2) is 0 Å². The number of carbonyl (C=O) groups is 5. The molecule has 40 heavy (non-hydrogen) atoms. The van der Waals surface area contributed by atoms with Gasteiger partial charge in [0.2, 0.25) is 5.91 Å². The molecule has 3 aliphatic carbocycles. The maximum atomic E-state index is 14.0. The summed E-state index contributed by atoms with van der Waals surface area (Å²) in [5.41, 5.74) is 5.19. The Bertz CT molecular complexity index is 1510. The van der Waals surface area contributed by atoms with Crippen LogP contribution in [-0.4, -0.2) is 52.0 Å². The molecule has 2 fully saturated rings. The molecular formula is C31H31NO8. The minimum Gasteiger partial charge on any atom is -0.507 e. The number of Topliss-reactive ketones (excluding diaryl/α,β-unsaturated/α-hetero) is 4. The lowest BCUT2D eigenvalue weighted by Crippen LogP contribution is -2.71. The third kappa shape index (κ3) is 3.67. The molecule has 0 spiro atoms. The summed E-state index contributed by atoms with van der Waals surface area (Å²) >= 11 is 0. The van der Waals surface area contributed by atoms with Crippen LogP contribution in [0.15, 0.2) is 36.9 Å². The van der Waals surface area contributed by atoms with Gasteiger partial charge in [0.1, 0.15) is 11.5 Å². The molecule has 5 rings (SSSR count). The number of hydrogen-bond donors (Lipinski definition) is 3. The summed E-state index contributed by atoms with van der Waals surface area (Å²) in [5.74, 6) is -11.4. The third-order valence-corrected chi connectivity index (χ3v) is 8.95. The number of primary amides is 1. The highest BCUT2D eigenvalue weighted by atomic mass is 16.5. The van der Waals surface area contributed by atoms with Crippen LogP contribution in [0, 0.1) is 35.5 Å². The summed E-state index contributed by atoms with van der Waals surface area (Å²) < 4.78 is 5.57. The van der Waals surface area contributed by atoms with Crippen LogP contribution in [0.2, 0.25) is 0 Å². The van der Waals surface area contributed by atoms with E-state index in [9.17, 15) is 34.2 Å². The molecule has 2 unspecified atom stereocenters. The Hall–Kier alpha value is -4.11. The molecule has 0 radical (unpaired) electrons. The van der Waals surface area contributed by atoms with Gasteiger partial charge < -0.3 is 20.7 Å². The average Bonchev–Trinajstić information content (AvgIpc) is 2.90. The van der Waals surface area contributed by atoms with E-state index in [1.54, 1.807) is 32.1 Å². The van der Waals surface area contributed by atoms with E-state index < -0.39 is 70.1 Å². The lowest BCUT2D eigenvalue weighted by Gasteiger charge is -2.52. The van der Waals surface area contributed by atoms with Crippen molar-refractivity contribution in [3.63, 3.8) is 0 Å². The van der Waals surface area contributed by atoms with Crippen molar-refractivity contribution in [1.29, 1.82) is 0 Å². The fraction of sp³-hybridized carbons (Fsp3) is 0.387. The number of benzene rings is 2. The zero-order valence-electron chi connectivity index (χ0n) is 22.5. The number of nitrogens with two attached hydrogens (primary N) is 1. The van der Waals surface area contributed by atoms with Gasteiger partial charge in [-0.05, 0) is 59.6 Å². The van der Waals surface area contributed by atoms with Crippen LogP contribution in [0.3, 0.4) is 0 Å². The van der Waals surface area contributed by atoms with Gasteiger partial charge in [-0.2, -0.15) is 0 Å². The highest BCUT2D eigenvalue weighted by Crippen LogP contribution is 2.54. The van der Waals surface area contributed by atoms with E-state index in [2.05, 4.69) is 6.58 Å². The van der Waals surface area contributed by atoms with Crippen molar-refractivity contribution in [3.05, 3.63) is 53.6 Å². The Balaban J connectivity index is 1.68. The summed E-state index contributed by atoms with van der Waals surface area (Å²) in [7, 11) is 1.52. The predicted octanol–water partition coefficient (Wildman–Crippen LogP) is 2.53. The van der Waals surface area contributed by atoms with Gasteiger partial charge in [0.15, 0.2) is 34.7 Å². The van der Waals surface area contributed by atoms with Gasteiger partial charge in [0.25, 0.3) is 0 Å². The molecule has 2 aromatic rings. The van der Waals surface area contributed by atoms with E-state index in [1.807, 2.05) is 12.1 Å². The second-order valence-corrected chi connectivity index (χ2v) is 11.3. The molecule has 9 heteroatoms. The van der Waals surface area contributed by atoms with Crippen molar-refractivity contribution in [2.24, 2.45) is 41.2 Å². The number of carbonyl (C=O) groups excluding carboxylic acids is 5. The van der Waals surface area contributed by atoms with Crippen LogP contribution in [0.1, 0.15) is 41.8 Å². The monoisotopic (exact) mass is 545 g/mol. The minimum absolute atomic E-state index is 0.0167. The molecule has 1 amide bonds. The lowest BCUT2D eigenvalue weighted by molar-refractivity contribution is -0.182. The molecule has 6 atom stereocenters. The Morgan fingerprint density at radius 2 is 1.82 bits per heavy atom. The van der Waals surface area contributed by atoms with Gasteiger partial charge >= 0.3 is 0 Å². The molecule has 0 saturated heterocycles. The number of methoxy groups -OCH3 is 1. The predicted molar refractivity (Wildman–Crippen MR) is 144 cm³/mol. The number of aromatic hydroxyl groups is 1. The topological polar surface area (TPSA) is 161 Å². The number of aliphatic hydroxyl groups is 1. The number of amides is 1. The summed E-state index contributed by atoms with van der Waals surface area (Å²) in [6.45, 7) is 7.24. The molecule has 0 heterocycles. The lowest BCUT2D eigenvalue weighted by atomic mass is 9.49. The maximum Gasteiger partial charge on any atom is 0.235 e. The standard InChI is InChI=1S/C31H31NO8/c1-5-14-6-9-21(40-4)17(10-14)16-7-8-20(33)24-18(16)11-15-12-19-22(13(2)3)26(34)25(30(32)38)29(37)31(19,39)28(36)23(15)27(24)35/h5-10,13,15,19,22-23,25,33,39H,1,11-12H2,2-4H3,(H2,32,38)/t15-,19-,22-,23?,25?,31-/m0/s1. The number of phenols is 1. The Kier molecular flexibility index (Phi) is 6.53. The average molecular weight is 546 g/mol. The summed E-state index contributed by atoms with van der Waals surface area (Å²) in [6.07, 6.45) is 1.85. The van der Waals surface area contributed by atoms with Gasteiger partial charge in [-0.3, -0.25) is 24.0 Å². The molecule has 208 valence electrons. The molecule has 0 aromatic heterocycles. The number of ketones is 4. The van der Waals surface area contributed by atoms with E-state index in [4.69, 9.17) is 10.5 Å². The van der Waals surface area contributed by atoms with Crippen LogP contribution in [0.4, 0.5) is 0 Å². The largest absolute Gasteiger partial charge is 0.507 e. The molecule has 0 aliphatic heterocycles. The van der Waals surface area contributed by atoms with E-state index in [1.165, 1.54) is 13.2 Å². The quantitative estimate of drug-likeness (QED) is 0.483. The SMILES string of the molecule is C=Cc1ccc(OC)c(-c2ccc(O)c3c2C[C@H]2C[C@H]4[C@H](C(C)C)C(=O)C(C(N)=O)C(=O)[C@@]4(O)C(=O)C2C3=O)c1. The van der Waals surface area contributed by atoms with Crippen LogP contribution in [0.5, 0.6) is 11.5 Å². The maximum absolute atomic E-state index is 14.0. The second-order valence-electron chi connectivity index (χ2n) is 11.3. The summed E-state index contributed by atoms with van der Waals surface area (Å²) in [6, 6.07) is 8.48. The van der Waals surface area contributed by atoms with Crippen LogP contribution < -0.4 is 10.5 Å². The van der Waals surface area contributed by atoms with E-state index in [0.717, 1.165) is 5.56 Å². The first-order chi connectivity index (χ1) is 18.9. The molecule has 2 saturated carbocycles. The highest BCUT2D eigenvalue weighted by molar-refractivity contribution is 6.32. The molecule has 0 bridgehead atoms. The fourth-order valence-corrected chi connectivity index (χ4v) is 7.17. The molecule has 2 aromatic carbocycles. The van der Waals surface area contributed by atoms with Crippen molar-refractivity contribution in [1.82, 2.24) is 0 Å². The van der Waals surface area contributed by atoms with E-state index in [0.29, 0.717) is 22.4 Å². The zero-order valence-corrected chi connectivity index (χ0v) is 22.5. The summed E-state index contributed by atoms with van der Waals surface area (Å²) in [5, 5.41) is 22.5. The molecule has 3 aliphatic rings. The van der Waals surface area contributed by atoms with Crippen LogP contribution >= 0.6 is 0 Å². The Labute approximate surface area is 231 Å². The van der Waals surface area contributed by atoms with E-state index >= 15 is 0 Å². The van der Waals surface area contributed by atoms with Crippen LogP contribution in [-0.2, 0) is 25.6 Å². The van der Waals surface area contributed by atoms with Crippen molar-refractivity contribution in [2.45, 2.75) is 32.3 Å². The molecule has 9 nitrogen and oxygen atoms in total. The van der Waals surface area contributed by atoms with Gasteiger partial charge in [-0.1, -0.05) is 38.6 Å². The van der Waals surface area contributed by atoms with Gasteiger partial charge in [0, 0.05) is 17.4 Å². The number of ether oxygens (including phenoxy) is 1. The first kappa shape index (κ1) is 27.5. The normalized spacial score (nSPS) is 29.5. The fourth-order valence-electron chi connectivity index (χ4n) is 7.17.